The molecule has 0 aliphatic heterocycles. The second kappa shape index (κ2) is 6.77. The first-order valence-corrected chi connectivity index (χ1v) is 6.96. The second-order valence-corrected chi connectivity index (χ2v) is 5.43. The van der Waals surface area contributed by atoms with Gasteiger partial charge in [0.2, 0.25) is 5.91 Å². The molecule has 0 spiro atoms. The van der Waals surface area contributed by atoms with Crippen molar-refractivity contribution >= 4 is 17.2 Å². The summed E-state index contributed by atoms with van der Waals surface area (Å²) in [7, 11) is 1.83. The highest BCUT2D eigenvalue weighted by molar-refractivity contribution is 7.11. The first-order chi connectivity index (χ1) is 8.08. The first kappa shape index (κ1) is 14.2. The zero-order valence-electron chi connectivity index (χ0n) is 11.1. The van der Waals surface area contributed by atoms with Gasteiger partial charge in [-0.3, -0.25) is 4.79 Å². The van der Waals surface area contributed by atoms with Crippen LogP contribution in [0.15, 0.2) is 12.1 Å². The average Bonchev–Trinajstić information content (AvgIpc) is 2.81. The highest BCUT2D eigenvalue weighted by atomic mass is 32.1. The maximum Gasteiger partial charge on any atom is 0.239 e. The molecule has 4 heteroatoms. The van der Waals surface area contributed by atoms with Gasteiger partial charge in [0, 0.05) is 29.9 Å². The van der Waals surface area contributed by atoms with Crippen LogP contribution >= 0.6 is 11.3 Å². The minimum atomic E-state index is -0.118. The highest BCUT2D eigenvalue weighted by Gasteiger charge is 2.15. The fourth-order valence-corrected chi connectivity index (χ4v) is 2.44. The monoisotopic (exact) mass is 254 g/mol. The Kier molecular flexibility index (Phi) is 5.65. The minimum absolute atomic E-state index is 0.118. The molecule has 0 radical (unpaired) electrons. The molecule has 1 amide bonds. The molecule has 1 unspecified atom stereocenters. The molecule has 0 saturated heterocycles. The molecule has 17 heavy (non-hydrogen) atoms. The van der Waals surface area contributed by atoms with E-state index in [4.69, 9.17) is 0 Å². The van der Waals surface area contributed by atoms with Crippen molar-refractivity contribution in [2.75, 3.05) is 13.6 Å². The van der Waals surface area contributed by atoms with E-state index in [1.807, 2.05) is 32.2 Å². The Morgan fingerprint density at radius 1 is 1.41 bits per heavy atom. The smallest absolute Gasteiger partial charge is 0.239 e. The third kappa shape index (κ3) is 4.13. The number of hydrogen-bond donors (Lipinski definition) is 1. The van der Waals surface area contributed by atoms with Crippen molar-refractivity contribution in [2.45, 2.75) is 39.8 Å². The predicted octanol–water partition coefficient (Wildman–Crippen LogP) is 2.27. The summed E-state index contributed by atoms with van der Waals surface area (Å²) in [6.45, 7) is 7.59. The Balaban J connectivity index is 2.42. The van der Waals surface area contributed by atoms with Gasteiger partial charge in [-0.05, 0) is 32.4 Å². The highest BCUT2D eigenvalue weighted by Crippen LogP contribution is 2.16. The molecular weight excluding hydrogens is 232 g/mol. The van der Waals surface area contributed by atoms with Crippen molar-refractivity contribution in [3.05, 3.63) is 21.9 Å². The number of rotatable bonds is 6. The molecule has 0 fully saturated rings. The van der Waals surface area contributed by atoms with E-state index in [2.05, 4.69) is 24.4 Å². The average molecular weight is 254 g/mol. The lowest BCUT2D eigenvalue weighted by atomic mass is 10.3. The van der Waals surface area contributed by atoms with Crippen molar-refractivity contribution in [3.63, 3.8) is 0 Å². The molecule has 1 N–H and O–H groups in total. The third-order valence-electron chi connectivity index (χ3n) is 2.87. The van der Waals surface area contributed by atoms with Gasteiger partial charge in [0.25, 0.3) is 0 Å². The van der Waals surface area contributed by atoms with Crippen molar-refractivity contribution in [2.24, 2.45) is 0 Å². The van der Waals surface area contributed by atoms with Crippen molar-refractivity contribution < 1.29 is 4.79 Å². The number of nitrogens with zero attached hydrogens (tertiary/aromatic N) is 1. The van der Waals surface area contributed by atoms with Crippen LogP contribution in [-0.4, -0.2) is 30.4 Å². The Labute approximate surface area is 108 Å². The fourth-order valence-electron chi connectivity index (χ4n) is 1.53. The number of hydrogen-bond acceptors (Lipinski definition) is 3. The molecule has 1 rings (SSSR count). The summed E-state index contributed by atoms with van der Waals surface area (Å²) in [4.78, 5) is 16.3. The van der Waals surface area contributed by atoms with Gasteiger partial charge in [0.15, 0.2) is 0 Å². The van der Waals surface area contributed by atoms with Crippen LogP contribution in [0.4, 0.5) is 0 Å². The van der Waals surface area contributed by atoms with Gasteiger partial charge in [-0.25, -0.2) is 0 Å². The van der Waals surface area contributed by atoms with E-state index >= 15 is 0 Å². The lowest BCUT2D eigenvalue weighted by Gasteiger charge is -2.20. The van der Waals surface area contributed by atoms with E-state index in [1.54, 1.807) is 4.90 Å². The summed E-state index contributed by atoms with van der Waals surface area (Å²) in [5, 5.41) is 3.27. The van der Waals surface area contributed by atoms with Crippen LogP contribution < -0.4 is 5.32 Å². The van der Waals surface area contributed by atoms with Crippen LogP contribution in [0.3, 0.4) is 0 Å². The summed E-state index contributed by atoms with van der Waals surface area (Å²) < 4.78 is 0. The molecular formula is C13H22N2OS. The number of amides is 1. The molecule has 0 aliphatic rings. The zero-order valence-corrected chi connectivity index (χ0v) is 11.9. The number of aryl methyl sites for hydroxylation is 1. The number of likely N-dealkylation sites (N-methyl/N-ethyl adjacent to an activating group) is 1. The number of carbonyl (C=O) groups is 1. The van der Waals surface area contributed by atoms with E-state index < -0.39 is 0 Å². The Bertz CT molecular complexity index is 362. The zero-order chi connectivity index (χ0) is 12.8. The first-order valence-electron chi connectivity index (χ1n) is 6.14. The van der Waals surface area contributed by atoms with Crippen LogP contribution in [0, 0.1) is 0 Å². The van der Waals surface area contributed by atoms with Gasteiger partial charge in [-0.15, -0.1) is 11.3 Å². The van der Waals surface area contributed by atoms with Crippen LogP contribution in [0.25, 0.3) is 0 Å². The molecule has 1 heterocycles. The Hall–Kier alpha value is -0.870. The largest absolute Gasteiger partial charge is 0.345 e. The summed E-state index contributed by atoms with van der Waals surface area (Å²) >= 11 is 1.81. The molecule has 0 aromatic carbocycles. The summed E-state index contributed by atoms with van der Waals surface area (Å²) in [6, 6.07) is 4.18. The van der Waals surface area contributed by atoms with Crippen LogP contribution in [-0.2, 0) is 17.8 Å². The Morgan fingerprint density at radius 3 is 2.59 bits per heavy atom. The lowest BCUT2D eigenvalue weighted by molar-refractivity contribution is -0.131. The summed E-state index contributed by atoms with van der Waals surface area (Å²) in [6.07, 6.45) is 1.08. The minimum Gasteiger partial charge on any atom is -0.345 e. The van der Waals surface area contributed by atoms with E-state index in [0.717, 1.165) is 19.5 Å². The van der Waals surface area contributed by atoms with E-state index in [0.29, 0.717) is 0 Å². The standard InChI is InChI=1S/C13H22N2OS/c1-5-11-7-8-12(17-11)9-14-10(3)13(16)15(4)6-2/h7-8,10,14H,5-6,9H2,1-4H3. The number of nitrogens with one attached hydrogen (secondary N) is 1. The van der Waals surface area contributed by atoms with E-state index in [9.17, 15) is 4.79 Å². The van der Waals surface area contributed by atoms with Gasteiger partial charge >= 0.3 is 0 Å². The summed E-state index contributed by atoms with van der Waals surface area (Å²) in [5.74, 6) is 0.153. The van der Waals surface area contributed by atoms with Crippen molar-refractivity contribution in [1.29, 1.82) is 0 Å². The quantitative estimate of drug-likeness (QED) is 0.844. The molecule has 3 nitrogen and oxygen atoms in total. The topological polar surface area (TPSA) is 32.3 Å². The van der Waals surface area contributed by atoms with Crippen LogP contribution in [0.5, 0.6) is 0 Å². The molecule has 0 saturated carbocycles. The fraction of sp³-hybridized carbons (Fsp3) is 0.615. The SMILES string of the molecule is CCc1ccc(CNC(C)C(=O)N(C)CC)s1. The van der Waals surface area contributed by atoms with E-state index in [-0.39, 0.29) is 11.9 Å². The maximum atomic E-state index is 11.8. The molecule has 0 aliphatic carbocycles. The van der Waals surface area contributed by atoms with Gasteiger partial charge < -0.3 is 10.2 Å². The van der Waals surface area contributed by atoms with Crippen molar-refractivity contribution in [3.8, 4) is 0 Å². The molecule has 1 atom stereocenters. The lowest BCUT2D eigenvalue weighted by Crippen LogP contribution is -2.42. The normalized spacial score (nSPS) is 12.5. The molecule has 96 valence electrons. The molecule has 1 aromatic rings. The number of carbonyl (C=O) groups excluding carboxylic acids is 1. The van der Waals surface area contributed by atoms with Gasteiger partial charge in [0.05, 0.1) is 6.04 Å². The van der Waals surface area contributed by atoms with Gasteiger partial charge in [-0.2, -0.15) is 0 Å². The Morgan fingerprint density at radius 2 is 2.06 bits per heavy atom. The molecule has 1 aromatic heterocycles. The predicted molar refractivity (Wildman–Crippen MR) is 73.3 cm³/mol. The van der Waals surface area contributed by atoms with E-state index in [1.165, 1.54) is 9.75 Å². The maximum absolute atomic E-state index is 11.8. The van der Waals surface area contributed by atoms with Crippen molar-refractivity contribution in [1.82, 2.24) is 10.2 Å². The third-order valence-corrected chi connectivity index (χ3v) is 4.10. The number of thiophene rings is 1. The van der Waals surface area contributed by atoms with Gasteiger partial charge in [0.1, 0.15) is 0 Å². The van der Waals surface area contributed by atoms with Crippen LogP contribution in [0.1, 0.15) is 30.5 Å². The molecule has 0 bridgehead atoms. The van der Waals surface area contributed by atoms with Gasteiger partial charge in [-0.1, -0.05) is 6.92 Å². The summed E-state index contributed by atoms with van der Waals surface area (Å²) in [5.41, 5.74) is 0. The second-order valence-electron chi connectivity index (χ2n) is 4.18. The van der Waals surface area contributed by atoms with Crippen LogP contribution in [0.2, 0.25) is 0 Å².